The van der Waals surface area contributed by atoms with Crippen LogP contribution in [0.4, 0.5) is 0 Å². The summed E-state index contributed by atoms with van der Waals surface area (Å²) in [5, 5.41) is 9.15. The van der Waals surface area contributed by atoms with Crippen molar-refractivity contribution in [2.24, 2.45) is 0 Å². The first-order chi connectivity index (χ1) is 9.49. The first-order valence-corrected chi connectivity index (χ1v) is 6.48. The Morgan fingerprint density at radius 2 is 2.20 bits per heavy atom. The number of benzene rings is 1. The van der Waals surface area contributed by atoms with E-state index < -0.39 is 5.97 Å². The van der Waals surface area contributed by atoms with Crippen LogP contribution in [0.25, 0.3) is 0 Å². The Balaban J connectivity index is 2.19. The van der Waals surface area contributed by atoms with E-state index in [2.05, 4.69) is 4.98 Å². The van der Waals surface area contributed by atoms with Crippen LogP contribution in [0.15, 0.2) is 30.5 Å². The van der Waals surface area contributed by atoms with Crippen molar-refractivity contribution in [1.29, 1.82) is 0 Å². The van der Waals surface area contributed by atoms with Gasteiger partial charge in [0.25, 0.3) is 0 Å². The normalized spacial score (nSPS) is 10.8. The molecule has 0 aliphatic rings. The Kier molecular flexibility index (Phi) is 4.08. The van der Waals surface area contributed by atoms with Gasteiger partial charge in [0.05, 0.1) is 6.20 Å². The molecule has 0 bridgehead atoms. The molecule has 0 fully saturated rings. The van der Waals surface area contributed by atoms with Gasteiger partial charge < -0.3 is 14.4 Å². The smallest absolute Gasteiger partial charge is 0.354 e. The first kappa shape index (κ1) is 14.1. The Morgan fingerprint density at radius 1 is 1.45 bits per heavy atom. The summed E-state index contributed by atoms with van der Waals surface area (Å²) in [6, 6.07) is 7.72. The molecule has 0 aliphatic carbocycles. The monoisotopic (exact) mass is 274 g/mol. The fourth-order valence-electron chi connectivity index (χ4n) is 2.09. The van der Waals surface area contributed by atoms with Gasteiger partial charge in [-0.3, -0.25) is 0 Å². The number of nitrogens with zero attached hydrogens (tertiary/aromatic N) is 2. The largest absolute Gasteiger partial charge is 0.486 e. The molecule has 0 atom stereocenters. The number of aromatic nitrogens is 2. The van der Waals surface area contributed by atoms with Crippen LogP contribution in [-0.4, -0.2) is 20.6 Å². The molecule has 2 rings (SSSR count). The van der Waals surface area contributed by atoms with Crippen LogP contribution >= 0.6 is 0 Å². The SMILES string of the molecule is Cc1cccc(OCc2ncc(C(=O)O)n2C(C)C)c1. The van der Waals surface area contributed by atoms with Crippen LogP contribution in [0.2, 0.25) is 0 Å². The maximum Gasteiger partial charge on any atom is 0.354 e. The average molecular weight is 274 g/mol. The molecule has 2 aromatic rings. The quantitative estimate of drug-likeness (QED) is 0.910. The highest BCUT2D eigenvalue weighted by atomic mass is 16.5. The summed E-state index contributed by atoms with van der Waals surface area (Å²) in [6.07, 6.45) is 1.37. The molecule has 0 aliphatic heterocycles. The molecule has 0 saturated heterocycles. The highest BCUT2D eigenvalue weighted by Gasteiger charge is 2.18. The van der Waals surface area contributed by atoms with E-state index in [9.17, 15) is 4.79 Å². The van der Waals surface area contributed by atoms with Crippen LogP contribution in [0.5, 0.6) is 5.75 Å². The number of aromatic carboxylic acids is 1. The molecule has 1 heterocycles. The third-order valence-electron chi connectivity index (χ3n) is 2.97. The zero-order valence-electron chi connectivity index (χ0n) is 11.8. The first-order valence-electron chi connectivity index (χ1n) is 6.48. The van der Waals surface area contributed by atoms with Crippen LogP contribution in [0, 0.1) is 6.92 Å². The predicted octanol–water partition coefficient (Wildman–Crippen LogP) is 3.05. The van der Waals surface area contributed by atoms with E-state index in [-0.39, 0.29) is 18.3 Å². The second-order valence-corrected chi connectivity index (χ2v) is 4.93. The predicted molar refractivity (Wildman–Crippen MR) is 75.1 cm³/mol. The molecule has 1 aromatic heterocycles. The summed E-state index contributed by atoms with van der Waals surface area (Å²) in [6.45, 7) is 6.08. The highest BCUT2D eigenvalue weighted by Crippen LogP contribution is 2.18. The summed E-state index contributed by atoms with van der Waals surface area (Å²) in [5.74, 6) is 0.382. The molecule has 20 heavy (non-hydrogen) atoms. The third kappa shape index (κ3) is 2.99. The maximum atomic E-state index is 11.2. The summed E-state index contributed by atoms with van der Waals surface area (Å²) < 4.78 is 7.36. The van der Waals surface area contributed by atoms with Gasteiger partial charge in [-0.25, -0.2) is 9.78 Å². The lowest BCUT2D eigenvalue weighted by Crippen LogP contribution is -2.15. The summed E-state index contributed by atoms with van der Waals surface area (Å²) in [7, 11) is 0. The number of aryl methyl sites for hydroxylation is 1. The van der Waals surface area contributed by atoms with E-state index in [1.165, 1.54) is 6.20 Å². The third-order valence-corrected chi connectivity index (χ3v) is 2.97. The zero-order chi connectivity index (χ0) is 14.7. The molecule has 0 saturated carbocycles. The number of imidazole rings is 1. The second-order valence-electron chi connectivity index (χ2n) is 4.93. The highest BCUT2D eigenvalue weighted by molar-refractivity contribution is 5.85. The molecule has 0 amide bonds. The average Bonchev–Trinajstić information content (AvgIpc) is 2.80. The summed E-state index contributed by atoms with van der Waals surface area (Å²) >= 11 is 0. The molecule has 1 aromatic carbocycles. The lowest BCUT2D eigenvalue weighted by Gasteiger charge is -2.14. The van der Waals surface area contributed by atoms with Crippen molar-refractivity contribution in [2.45, 2.75) is 33.4 Å². The van der Waals surface area contributed by atoms with Gasteiger partial charge in [0.15, 0.2) is 0 Å². The van der Waals surface area contributed by atoms with Crippen molar-refractivity contribution in [3.63, 3.8) is 0 Å². The van der Waals surface area contributed by atoms with Crippen molar-refractivity contribution in [1.82, 2.24) is 9.55 Å². The number of ether oxygens (including phenoxy) is 1. The Morgan fingerprint density at radius 3 is 2.80 bits per heavy atom. The zero-order valence-corrected chi connectivity index (χ0v) is 11.8. The summed E-state index contributed by atoms with van der Waals surface area (Å²) in [4.78, 5) is 15.3. The summed E-state index contributed by atoms with van der Waals surface area (Å²) in [5.41, 5.74) is 1.30. The van der Waals surface area contributed by atoms with Crippen LogP contribution in [0.1, 0.15) is 41.8 Å². The van der Waals surface area contributed by atoms with Gasteiger partial charge in [-0.1, -0.05) is 12.1 Å². The molecule has 0 radical (unpaired) electrons. The molecule has 5 heteroatoms. The number of hydrogen-bond donors (Lipinski definition) is 1. The van der Waals surface area contributed by atoms with Crippen molar-refractivity contribution >= 4 is 5.97 Å². The number of carboxylic acids is 1. The van der Waals surface area contributed by atoms with E-state index in [1.807, 2.05) is 45.0 Å². The molecular formula is C15H18N2O3. The molecule has 0 unspecified atom stereocenters. The Labute approximate surface area is 117 Å². The minimum Gasteiger partial charge on any atom is -0.486 e. The van der Waals surface area contributed by atoms with Crippen molar-refractivity contribution in [3.8, 4) is 5.75 Å². The fourth-order valence-corrected chi connectivity index (χ4v) is 2.09. The van der Waals surface area contributed by atoms with Gasteiger partial charge in [-0.05, 0) is 38.5 Å². The number of rotatable bonds is 5. The van der Waals surface area contributed by atoms with Crippen LogP contribution in [-0.2, 0) is 6.61 Å². The molecule has 1 N–H and O–H groups in total. The van der Waals surface area contributed by atoms with Gasteiger partial charge in [-0.15, -0.1) is 0 Å². The standard InChI is InChI=1S/C15H18N2O3/c1-10(2)17-13(15(18)19)8-16-14(17)9-20-12-6-4-5-11(3)7-12/h4-8,10H,9H2,1-3H3,(H,18,19). The maximum absolute atomic E-state index is 11.2. The van der Waals surface area contributed by atoms with E-state index >= 15 is 0 Å². The van der Waals surface area contributed by atoms with E-state index in [0.717, 1.165) is 11.3 Å². The minimum atomic E-state index is -0.979. The van der Waals surface area contributed by atoms with Gasteiger partial charge >= 0.3 is 5.97 Å². The minimum absolute atomic E-state index is 0.0136. The van der Waals surface area contributed by atoms with Gasteiger partial charge in [0.1, 0.15) is 23.9 Å². The second kappa shape index (κ2) is 5.77. The van der Waals surface area contributed by atoms with Crippen molar-refractivity contribution in [2.75, 3.05) is 0 Å². The van der Waals surface area contributed by atoms with Gasteiger partial charge in [-0.2, -0.15) is 0 Å². The lowest BCUT2D eigenvalue weighted by molar-refractivity contribution is 0.0682. The Bertz CT molecular complexity index is 617. The van der Waals surface area contributed by atoms with E-state index in [0.29, 0.717) is 5.82 Å². The molecule has 0 spiro atoms. The van der Waals surface area contributed by atoms with Gasteiger partial charge in [0.2, 0.25) is 0 Å². The van der Waals surface area contributed by atoms with Crippen molar-refractivity contribution in [3.05, 3.63) is 47.5 Å². The van der Waals surface area contributed by atoms with Crippen LogP contribution < -0.4 is 4.74 Å². The van der Waals surface area contributed by atoms with E-state index in [1.54, 1.807) is 4.57 Å². The lowest BCUT2D eigenvalue weighted by atomic mass is 10.2. The Hall–Kier alpha value is -2.30. The molecule has 5 nitrogen and oxygen atoms in total. The molecule has 106 valence electrons. The number of carbonyl (C=O) groups is 1. The number of hydrogen-bond acceptors (Lipinski definition) is 3. The van der Waals surface area contributed by atoms with Crippen molar-refractivity contribution < 1.29 is 14.6 Å². The topological polar surface area (TPSA) is 64.3 Å². The fraction of sp³-hybridized carbons (Fsp3) is 0.333. The van der Waals surface area contributed by atoms with Gasteiger partial charge in [0, 0.05) is 6.04 Å². The van der Waals surface area contributed by atoms with Crippen LogP contribution in [0.3, 0.4) is 0 Å². The molecular weight excluding hydrogens is 256 g/mol. The number of carboxylic acid groups (broad SMARTS) is 1. The van der Waals surface area contributed by atoms with E-state index in [4.69, 9.17) is 9.84 Å².